The Kier molecular flexibility index (Phi) is 5.81. The Labute approximate surface area is 170 Å². The van der Waals surface area contributed by atoms with E-state index in [2.05, 4.69) is 5.32 Å². The molecule has 1 aromatic heterocycles. The highest BCUT2D eigenvalue weighted by Gasteiger charge is 2.33. The van der Waals surface area contributed by atoms with Crippen LogP contribution < -0.4 is 11.1 Å². The maximum Gasteiger partial charge on any atom is 0.265 e. The van der Waals surface area contributed by atoms with Gasteiger partial charge >= 0.3 is 0 Å². The Balaban J connectivity index is 1.65. The number of benzene rings is 1. The van der Waals surface area contributed by atoms with Crippen molar-refractivity contribution < 1.29 is 18.0 Å². The fourth-order valence-electron chi connectivity index (χ4n) is 3.72. The monoisotopic (exact) mass is 418 g/mol. The lowest BCUT2D eigenvalue weighted by Crippen LogP contribution is -2.41. The maximum absolute atomic E-state index is 12.9. The number of aryl methyl sites for hydroxylation is 3. The Morgan fingerprint density at radius 3 is 2.17 bits per heavy atom. The van der Waals surface area contributed by atoms with Gasteiger partial charge in [0.15, 0.2) is 0 Å². The number of amides is 2. The molecule has 9 heteroatoms. The molecular formula is C20H26N4O4S. The molecule has 0 spiro atoms. The van der Waals surface area contributed by atoms with Crippen molar-refractivity contribution in [3.8, 4) is 0 Å². The summed E-state index contributed by atoms with van der Waals surface area (Å²) in [7, 11) is -2.17. The van der Waals surface area contributed by atoms with Crippen LogP contribution in [0, 0.1) is 19.8 Å². The van der Waals surface area contributed by atoms with E-state index >= 15 is 0 Å². The number of aromatic nitrogens is 1. The predicted octanol–water partition coefficient (Wildman–Crippen LogP) is 1.78. The molecule has 3 rings (SSSR count). The average molecular weight is 419 g/mol. The molecular weight excluding hydrogens is 392 g/mol. The van der Waals surface area contributed by atoms with Gasteiger partial charge < -0.3 is 15.6 Å². The van der Waals surface area contributed by atoms with Crippen LogP contribution in [0.5, 0.6) is 0 Å². The van der Waals surface area contributed by atoms with Gasteiger partial charge in [0.05, 0.1) is 0 Å². The molecule has 0 saturated carbocycles. The van der Waals surface area contributed by atoms with E-state index in [1.54, 1.807) is 7.05 Å². The summed E-state index contributed by atoms with van der Waals surface area (Å²) < 4.78 is 28.5. The molecule has 2 heterocycles. The normalized spacial score (nSPS) is 16.0. The zero-order chi connectivity index (χ0) is 21.3. The first-order chi connectivity index (χ1) is 13.6. The quantitative estimate of drug-likeness (QED) is 0.770. The molecule has 2 aromatic rings. The van der Waals surface area contributed by atoms with Gasteiger partial charge in [-0.15, -0.1) is 0 Å². The summed E-state index contributed by atoms with van der Waals surface area (Å²) in [6, 6.07) is 7.15. The smallest absolute Gasteiger partial charge is 0.265 e. The van der Waals surface area contributed by atoms with Gasteiger partial charge in [-0.1, -0.05) is 6.07 Å². The van der Waals surface area contributed by atoms with Gasteiger partial charge in [-0.2, -0.15) is 4.31 Å². The van der Waals surface area contributed by atoms with Crippen molar-refractivity contribution in [2.45, 2.75) is 31.6 Å². The van der Waals surface area contributed by atoms with E-state index in [4.69, 9.17) is 5.73 Å². The molecule has 1 aliphatic rings. The second-order valence-electron chi connectivity index (χ2n) is 7.58. The minimum absolute atomic E-state index is 0.0342. The largest absolute Gasteiger partial charge is 0.364 e. The number of piperidine rings is 1. The first-order valence-electron chi connectivity index (χ1n) is 9.43. The third-order valence-electron chi connectivity index (χ3n) is 5.18. The molecule has 1 saturated heterocycles. The number of hydrogen-bond acceptors (Lipinski definition) is 4. The number of primary amides is 1. The summed E-state index contributed by atoms with van der Waals surface area (Å²) in [4.78, 5) is 24.0. The van der Waals surface area contributed by atoms with E-state index in [0.29, 0.717) is 12.8 Å². The van der Waals surface area contributed by atoms with Crippen LogP contribution in [0.3, 0.4) is 0 Å². The van der Waals surface area contributed by atoms with Crippen LogP contribution in [-0.2, 0) is 21.9 Å². The van der Waals surface area contributed by atoms with E-state index in [1.165, 1.54) is 21.1 Å². The topological polar surface area (TPSA) is 114 Å². The standard InChI is InChI=1S/C20H26N4O4S/c1-13-8-14(2)10-16(9-13)22-20(26)15-4-6-24(7-5-15)29(27,28)17-11-18(19(21)25)23(3)12-17/h8-12,15H,4-7H2,1-3H3,(H2,21,25)(H,22,26). The Hall–Kier alpha value is -2.65. The van der Waals surface area contributed by atoms with Gasteiger partial charge in [0, 0.05) is 37.9 Å². The Bertz CT molecular complexity index is 1030. The first kappa shape index (κ1) is 21.1. The lowest BCUT2D eigenvalue weighted by molar-refractivity contribution is -0.120. The Morgan fingerprint density at radius 2 is 1.66 bits per heavy atom. The zero-order valence-corrected chi connectivity index (χ0v) is 17.6. The lowest BCUT2D eigenvalue weighted by atomic mass is 9.97. The summed E-state index contributed by atoms with van der Waals surface area (Å²) >= 11 is 0. The van der Waals surface area contributed by atoms with E-state index in [-0.39, 0.29) is 35.5 Å². The summed E-state index contributed by atoms with van der Waals surface area (Å²) in [5.74, 6) is -1.03. The third-order valence-corrected chi connectivity index (χ3v) is 7.05. The van der Waals surface area contributed by atoms with Crippen LogP contribution in [-0.4, -0.2) is 42.2 Å². The van der Waals surface area contributed by atoms with Crippen LogP contribution >= 0.6 is 0 Å². The molecule has 29 heavy (non-hydrogen) atoms. The zero-order valence-electron chi connectivity index (χ0n) is 16.8. The fraction of sp³-hybridized carbons (Fsp3) is 0.400. The number of hydrogen-bond donors (Lipinski definition) is 2. The van der Waals surface area contributed by atoms with Crippen molar-refractivity contribution >= 4 is 27.5 Å². The summed E-state index contributed by atoms with van der Waals surface area (Å²) in [5, 5.41) is 2.94. The van der Waals surface area contributed by atoms with Crippen LogP contribution in [0.2, 0.25) is 0 Å². The van der Waals surface area contributed by atoms with Crippen LogP contribution in [0.15, 0.2) is 35.4 Å². The maximum atomic E-state index is 12.9. The summed E-state index contributed by atoms with van der Waals surface area (Å²) in [5.41, 5.74) is 8.29. The molecule has 0 atom stereocenters. The Morgan fingerprint density at radius 1 is 1.07 bits per heavy atom. The molecule has 1 aliphatic heterocycles. The molecule has 1 fully saturated rings. The van der Waals surface area contributed by atoms with Crippen molar-refractivity contribution in [2.75, 3.05) is 18.4 Å². The minimum atomic E-state index is -3.74. The highest BCUT2D eigenvalue weighted by atomic mass is 32.2. The SMILES string of the molecule is Cc1cc(C)cc(NC(=O)C2CCN(S(=O)(=O)c3cc(C(N)=O)n(C)c3)CC2)c1. The highest BCUT2D eigenvalue weighted by Crippen LogP contribution is 2.26. The number of sulfonamides is 1. The molecule has 156 valence electrons. The number of nitrogens with two attached hydrogens (primary N) is 1. The van der Waals surface area contributed by atoms with Gasteiger partial charge in [0.2, 0.25) is 15.9 Å². The molecule has 2 amide bonds. The van der Waals surface area contributed by atoms with Gasteiger partial charge in [-0.3, -0.25) is 9.59 Å². The van der Waals surface area contributed by atoms with Crippen molar-refractivity contribution in [3.63, 3.8) is 0 Å². The van der Waals surface area contributed by atoms with Crippen molar-refractivity contribution in [1.29, 1.82) is 0 Å². The molecule has 1 aromatic carbocycles. The van der Waals surface area contributed by atoms with E-state index in [0.717, 1.165) is 16.8 Å². The molecule has 8 nitrogen and oxygen atoms in total. The average Bonchev–Trinajstić information content (AvgIpc) is 3.04. The number of carbonyl (C=O) groups excluding carboxylic acids is 2. The minimum Gasteiger partial charge on any atom is -0.364 e. The molecule has 0 radical (unpaired) electrons. The highest BCUT2D eigenvalue weighted by molar-refractivity contribution is 7.89. The molecule has 3 N–H and O–H groups in total. The van der Waals surface area contributed by atoms with Gasteiger partial charge in [-0.25, -0.2) is 8.42 Å². The van der Waals surface area contributed by atoms with Crippen molar-refractivity contribution in [2.24, 2.45) is 18.7 Å². The number of rotatable bonds is 5. The van der Waals surface area contributed by atoms with Crippen LogP contribution in [0.1, 0.15) is 34.5 Å². The second kappa shape index (κ2) is 8.00. The van der Waals surface area contributed by atoms with Crippen molar-refractivity contribution in [1.82, 2.24) is 8.87 Å². The fourth-order valence-corrected chi connectivity index (χ4v) is 5.26. The predicted molar refractivity (Wildman–Crippen MR) is 110 cm³/mol. The number of anilines is 1. The lowest BCUT2D eigenvalue weighted by Gasteiger charge is -2.30. The van der Waals surface area contributed by atoms with Crippen LogP contribution in [0.4, 0.5) is 5.69 Å². The van der Waals surface area contributed by atoms with Gasteiger partial charge in [-0.05, 0) is 56.0 Å². The summed E-state index contributed by atoms with van der Waals surface area (Å²) in [6.45, 7) is 4.43. The number of nitrogens with zero attached hydrogens (tertiary/aromatic N) is 2. The van der Waals surface area contributed by atoms with Gasteiger partial charge in [0.25, 0.3) is 5.91 Å². The molecule has 0 unspecified atom stereocenters. The number of carbonyl (C=O) groups is 2. The molecule has 0 aliphatic carbocycles. The van der Waals surface area contributed by atoms with Gasteiger partial charge in [0.1, 0.15) is 10.6 Å². The summed E-state index contributed by atoms with van der Waals surface area (Å²) in [6.07, 6.45) is 2.25. The second-order valence-corrected chi connectivity index (χ2v) is 9.52. The number of nitrogens with one attached hydrogen (secondary N) is 1. The van der Waals surface area contributed by atoms with E-state index in [1.807, 2.05) is 32.0 Å². The third kappa shape index (κ3) is 4.51. The van der Waals surface area contributed by atoms with E-state index < -0.39 is 15.9 Å². The first-order valence-corrected chi connectivity index (χ1v) is 10.9. The molecule has 0 bridgehead atoms. The van der Waals surface area contributed by atoms with E-state index in [9.17, 15) is 18.0 Å². The van der Waals surface area contributed by atoms with Crippen LogP contribution in [0.25, 0.3) is 0 Å². The van der Waals surface area contributed by atoms with Crippen molar-refractivity contribution in [3.05, 3.63) is 47.3 Å².